The number of aromatic nitrogens is 1. The summed E-state index contributed by atoms with van der Waals surface area (Å²) in [7, 11) is 0. The third-order valence-electron chi connectivity index (χ3n) is 10.1. The molecule has 3 aromatic heterocycles. The average molecular weight is 689 g/mol. The number of amidine groups is 2. The van der Waals surface area contributed by atoms with Gasteiger partial charge in [-0.25, -0.2) is 9.98 Å². The van der Waals surface area contributed by atoms with Crippen LogP contribution in [0.3, 0.4) is 0 Å². The fourth-order valence-corrected chi connectivity index (χ4v) is 10.2. The molecule has 51 heavy (non-hydrogen) atoms. The Labute approximate surface area is 301 Å². The van der Waals surface area contributed by atoms with Gasteiger partial charge in [-0.05, 0) is 48.0 Å². The molecule has 0 saturated heterocycles. The molecule has 4 nitrogen and oxygen atoms in total. The molecule has 0 bridgehead atoms. The summed E-state index contributed by atoms with van der Waals surface area (Å²) < 4.78 is 7.53. The zero-order valence-electron chi connectivity index (χ0n) is 27.2. The summed E-state index contributed by atoms with van der Waals surface area (Å²) in [5.74, 6) is 1.58. The Morgan fingerprint density at radius 1 is 0.529 bits per heavy atom. The van der Waals surface area contributed by atoms with E-state index < -0.39 is 0 Å². The zero-order valence-corrected chi connectivity index (χ0v) is 28.9. The van der Waals surface area contributed by atoms with Crippen LogP contribution in [0.25, 0.3) is 67.8 Å². The van der Waals surface area contributed by atoms with Crippen molar-refractivity contribution in [3.8, 4) is 5.69 Å². The molecule has 0 fully saturated rings. The van der Waals surface area contributed by atoms with E-state index in [1.165, 1.54) is 67.8 Å². The molecule has 10 aromatic rings. The summed E-state index contributed by atoms with van der Waals surface area (Å²) in [6.07, 6.45) is -0.241. The molecule has 1 N–H and O–H groups in total. The second kappa shape index (κ2) is 11.2. The van der Waals surface area contributed by atoms with Gasteiger partial charge in [-0.3, -0.25) is 0 Å². The van der Waals surface area contributed by atoms with E-state index in [-0.39, 0.29) is 6.17 Å². The number of thiophene rings is 2. The largest absolute Gasteiger partial charge is 0.344 e. The molecule has 11 rings (SSSR count). The molecule has 240 valence electrons. The minimum Gasteiger partial charge on any atom is -0.344 e. The Morgan fingerprint density at radius 3 is 1.98 bits per heavy atom. The molecule has 0 aliphatic carbocycles. The van der Waals surface area contributed by atoms with Crippen LogP contribution < -0.4 is 5.32 Å². The number of nitrogens with one attached hydrogen (secondary N) is 1. The lowest BCUT2D eigenvalue weighted by Crippen LogP contribution is -2.33. The van der Waals surface area contributed by atoms with Crippen LogP contribution in [0.5, 0.6) is 0 Å². The van der Waals surface area contributed by atoms with Gasteiger partial charge in [0.2, 0.25) is 0 Å². The number of benzene rings is 7. The highest BCUT2D eigenvalue weighted by atomic mass is 32.1. The van der Waals surface area contributed by atoms with Crippen LogP contribution in [-0.2, 0) is 0 Å². The molecular formula is C45H28N4S2. The van der Waals surface area contributed by atoms with Crippen molar-refractivity contribution < 1.29 is 0 Å². The number of hydrogen-bond acceptors (Lipinski definition) is 5. The smallest absolute Gasteiger partial charge is 0.160 e. The molecule has 7 aromatic carbocycles. The second-order valence-corrected chi connectivity index (χ2v) is 15.1. The minimum atomic E-state index is -0.241. The minimum absolute atomic E-state index is 0.241. The first kappa shape index (κ1) is 28.7. The molecule has 1 unspecified atom stereocenters. The fourth-order valence-electron chi connectivity index (χ4n) is 7.76. The van der Waals surface area contributed by atoms with Crippen molar-refractivity contribution in [2.75, 3.05) is 0 Å². The quantitative estimate of drug-likeness (QED) is 0.196. The lowest BCUT2D eigenvalue weighted by atomic mass is 10.0. The zero-order chi connectivity index (χ0) is 33.5. The van der Waals surface area contributed by atoms with Gasteiger partial charge in [0, 0.05) is 62.2 Å². The number of nitrogens with zero attached hydrogens (tertiary/aromatic N) is 3. The van der Waals surface area contributed by atoms with Crippen LogP contribution in [0.1, 0.15) is 22.9 Å². The van der Waals surface area contributed by atoms with Gasteiger partial charge in [-0.1, -0.05) is 115 Å². The van der Waals surface area contributed by atoms with Crippen LogP contribution in [0.4, 0.5) is 0 Å². The topological polar surface area (TPSA) is 41.7 Å². The maximum atomic E-state index is 5.22. The fraction of sp³-hybridized carbons (Fsp3) is 0.0222. The number of hydrogen-bond donors (Lipinski definition) is 1. The Hall–Kier alpha value is -6.08. The maximum absolute atomic E-state index is 5.22. The van der Waals surface area contributed by atoms with Crippen molar-refractivity contribution in [1.29, 1.82) is 0 Å². The van der Waals surface area contributed by atoms with E-state index in [0.717, 1.165) is 28.4 Å². The van der Waals surface area contributed by atoms with Crippen LogP contribution in [0.2, 0.25) is 0 Å². The summed E-state index contributed by atoms with van der Waals surface area (Å²) in [4.78, 5) is 10.4. The van der Waals surface area contributed by atoms with E-state index in [2.05, 4.69) is 155 Å². The highest BCUT2D eigenvalue weighted by Gasteiger charge is 2.24. The molecule has 0 saturated carbocycles. The van der Waals surface area contributed by atoms with E-state index in [9.17, 15) is 0 Å². The summed E-state index contributed by atoms with van der Waals surface area (Å²) in [6.45, 7) is 0. The monoisotopic (exact) mass is 688 g/mol. The molecule has 0 amide bonds. The first-order chi connectivity index (χ1) is 25.3. The van der Waals surface area contributed by atoms with E-state index in [1.54, 1.807) is 0 Å². The second-order valence-electron chi connectivity index (χ2n) is 13.0. The van der Waals surface area contributed by atoms with Gasteiger partial charge in [-0.2, -0.15) is 0 Å². The SMILES string of the molecule is c1ccc(C2=NC(c3cccc4c3sc3cc5sc6cccc(-n7c8ccccc8c8ccccc87)c6c5cc34)=NC(c3ccccc3)N2)cc1. The van der Waals surface area contributed by atoms with Crippen molar-refractivity contribution in [3.05, 3.63) is 174 Å². The van der Waals surface area contributed by atoms with Crippen LogP contribution in [0.15, 0.2) is 168 Å². The van der Waals surface area contributed by atoms with Gasteiger partial charge in [0.25, 0.3) is 0 Å². The lowest BCUT2D eigenvalue weighted by Gasteiger charge is -2.23. The highest BCUT2D eigenvalue weighted by Crippen LogP contribution is 2.45. The predicted octanol–water partition coefficient (Wildman–Crippen LogP) is 12.0. The van der Waals surface area contributed by atoms with Gasteiger partial charge < -0.3 is 9.88 Å². The Morgan fingerprint density at radius 2 is 1.20 bits per heavy atom. The molecule has 1 aliphatic heterocycles. The van der Waals surface area contributed by atoms with Gasteiger partial charge >= 0.3 is 0 Å². The summed E-state index contributed by atoms with van der Waals surface area (Å²) in [6, 6.07) is 56.4. The molecule has 1 aliphatic rings. The van der Waals surface area contributed by atoms with Crippen molar-refractivity contribution in [2.45, 2.75) is 6.17 Å². The Bertz CT molecular complexity index is 3000. The van der Waals surface area contributed by atoms with E-state index in [0.29, 0.717) is 0 Å². The number of fused-ring (bicyclic) bond motifs is 9. The first-order valence-electron chi connectivity index (χ1n) is 17.1. The van der Waals surface area contributed by atoms with Gasteiger partial charge in [-0.15, -0.1) is 22.7 Å². The van der Waals surface area contributed by atoms with E-state index in [4.69, 9.17) is 9.98 Å². The lowest BCUT2D eigenvalue weighted by molar-refractivity contribution is 0.674. The van der Waals surface area contributed by atoms with Crippen LogP contribution in [-0.4, -0.2) is 16.2 Å². The summed E-state index contributed by atoms with van der Waals surface area (Å²) in [5.41, 5.74) is 6.88. The van der Waals surface area contributed by atoms with Crippen molar-refractivity contribution >= 4 is 96.5 Å². The Balaban J connectivity index is 1.13. The number of aliphatic imine (C=N–C) groups is 2. The first-order valence-corrected chi connectivity index (χ1v) is 18.7. The van der Waals surface area contributed by atoms with Crippen LogP contribution in [0, 0.1) is 0 Å². The van der Waals surface area contributed by atoms with Crippen molar-refractivity contribution in [2.24, 2.45) is 9.98 Å². The standard InChI is InChI=1S/C45H28N4S2/c1-3-13-27(14-4-1)43-46-44(28-15-5-2-6-16-28)48-45(47-43)32-20-11-19-31-33-25-34-40(26-39(33)51-42(31)32)50-38-24-12-23-37(41(34)38)49-35-21-9-7-17-29(35)30-18-8-10-22-36(30)49/h1-26,43H,(H,46,47,48). The summed E-state index contributed by atoms with van der Waals surface area (Å²) in [5, 5.41) is 11.2. The van der Waals surface area contributed by atoms with Crippen LogP contribution >= 0.6 is 22.7 Å². The van der Waals surface area contributed by atoms with Gasteiger partial charge in [0.1, 0.15) is 12.0 Å². The Kier molecular flexibility index (Phi) is 6.32. The van der Waals surface area contributed by atoms with E-state index >= 15 is 0 Å². The van der Waals surface area contributed by atoms with Gasteiger partial charge in [0.05, 0.1) is 16.7 Å². The maximum Gasteiger partial charge on any atom is 0.160 e. The van der Waals surface area contributed by atoms with Crippen molar-refractivity contribution in [3.63, 3.8) is 0 Å². The van der Waals surface area contributed by atoms with Gasteiger partial charge in [0.15, 0.2) is 5.84 Å². The molecule has 4 heterocycles. The normalized spacial score (nSPS) is 14.9. The number of para-hydroxylation sites is 2. The van der Waals surface area contributed by atoms with Crippen molar-refractivity contribution in [1.82, 2.24) is 9.88 Å². The molecule has 6 heteroatoms. The third-order valence-corrected chi connectivity index (χ3v) is 12.4. The third kappa shape index (κ3) is 4.43. The van der Waals surface area contributed by atoms with E-state index in [1.807, 2.05) is 34.8 Å². The molecule has 1 atom stereocenters. The molecule has 0 radical (unpaired) electrons. The number of rotatable bonds is 4. The summed E-state index contributed by atoms with van der Waals surface area (Å²) >= 11 is 3.71. The average Bonchev–Trinajstić information content (AvgIpc) is 3.86. The predicted molar refractivity (Wildman–Crippen MR) is 218 cm³/mol. The molecule has 0 spiro atoms. The highest BCUT2D eigenvalue weighted by molar-refractivity contribution is 7.28. The molecular weight excluding hydrogens is 661 g/mol.